The van der Waals surface area contributed by atoms with Gasteiger partial charge >= 0.3 is 0 Å². The molecule has 0 N–H and O–H groups in total. The van der Waals surface area contributed by atoms with Gasteiger partial charge in [0.05, 0.1) is 0 Å². The fourth-order valence-electron chi connectivity index (χ4n) is 1.05. The lowest BCUT2D eigenvalue weighted by Gasteiger charge is -2.08. The zero-order valence-corrected chi connectivity index (χ0v) is 7.50. The first-order valence-electron chi connectivity index (χ1n) is 3.17. The fourth-order valence-corrected chi connectivity index (χ4v) is 1.66. The molecule has 0 fully saturated rings. The first-order valence-corrected chi connectivity index (χ1v) is 4.42. The van der Waals surface area contributed by atoms with Crippen molar-refractivity contribution >= 4 is 22.6 Å². The van der Waals surface area contributed by atoms with Crippen LogP contribution < -0.4 is 0 Å². The highest BCUT2D eigenvalue weighted by Crippen LogP contribution is 2.29. The molecule has 1 atom stereocenters. The maximum absolute atomic E-state index is 5.23. The van der Waals surface area contributed by atoms with Crippen LogP contribution in [0.25, 0.3) is 0 Å². The van der Waals surface area contributed by atoms with Crippen molar-refractivity contribution < 1.29 is 9.47 Å². The zero-order chi connectivity index (χ0) is 6.97. The van der Waals surface area contributed by atoms with Gasteiger partial charge in [-0.25, -0.2) is 0 Å². The molecule has 0 saturated heterocycles. The molecule has 54 valence electrons. The minimum Gasteiger partial charge on any atom is -0.458 e. The van der Waals surface area contributed by atoms with Crippen molar-refractivity contribution in [2.24, 2.45) is 0 Å². The van der Waals surface area contributed by atoms with E-state index in [0.717, 1.165) is 17.9 Å². The van der Waals surface area contributed by atoms with Crippen LogP contribution in [0.3, 0.4) is 0 Å². The molecule has 1 aliphatic heterocycles. The molecule has 0 bridgehead atoms. The maximum Gasteiger partial charge on any atom is 0.230 e. The molecule has 1 aliphatic carbocycles. The van der Waals surface area contributed by atoms with Crippen molar-refractivity contribution in [2.75, 3.05) is 6.79 Å². The molecule has 0 aromatic rings. The van der Waals surface area contributed by atoms with Crippen LogP contribution >= 0.6 is 22.6 Å². The molecular formula is C7H7IO2. The summed E-state index contributed by atoms with van der Waals surface area (Å²) in [5.41, 5.74) is 0. The van der Waals surface area contributed by atoms with Gasteiger partial charge in [-0.3, -0.25) is 0 Å². The topological polar surface area (TPSA) is 18.5 Å². The quantitative estimate of drug-likeness (QED) is 0.483. The van der Waals surface area contributed by atoms with E-state index in [1.54, 1.807) is 0 Å². The number of allylic oxidation sites excluding steroid dienone is 3. The van der Waals surface area contributed by atoms with E-state index in [1.807, 2.05) is 6.08 Å². The molecule has 2 nitrogen and oxygen atoms in total. The summed E-state index contributed by atoms with van der Waals surface area (Å²) in [4.78, 5) is 0. The highest BCUT2D eigenvalue weighted by Gasteiger charge is 2.21. The molecule has 0 aromatic carbocycles. The molecule has 3 heteroatoms. The lowest BCUT2D eigenvalue weighted by atomic mass is 10.1. The Morgan fingerprint density at radius 3 is 3.30 bits per heavy atom. The van der Waals surface area contributed by atoms with E-state index in [0.29, 0.717) is 10.7 Å². The van der Waals surface area contributed by atoms with Crippen LogP contribution in [0, 0.1) is 0 Å². The first kappa shape index (κ1) is 6.52. The van der Waals surface area contributed by atoms with Crippen molar-refractivity contribution in [3.63, 3.8) is 0 Å². The van der Waals surface area contributed by atoms with Gasteiger partial charge in [0, 0.05) is 10.3 Å². The summed E-state index contributed by atoms with van der Waals surface area (Å²) in [5, 5.41) is 0. The molecule has 0 saturated carbocycles. The standard InChI is InChI=1S/C7H7IO2/c8-5-1-2-6-7(3-5)10-4-9-6/h1-2,5H,3-4H2. The Balaban J connectivity index is 2.22. The van der Waals surface area contributed by atoms with E-state index in [9.17, 15) is 0 Å². The van der Waals surface area contributed by atoms with E-state index in [2.05, 4.69) is 28.7 Å². The van der Waals surface area contributed by atoms with Crippen LogP contribution in [0.4, 0.5) is 0 Å². The lowest BCUT2D eigenvalue weighted by molar-refractivity contribution is 0.0731. The minimum atomic E-state index is 0.401. The molecule has 2 aliphatic rings. The van der Waals surface area contributed by atoms with Crippen LogP contribution in [0.5, 0.6) is 0 Å². The number of ether oxygens (including phenoxy) is 2. The third kappa shape index (κ3) is 1.02. The highest BCUT2D eigenvalue weighted by molar-refractivity contribution is 14.1. The smallest absolute Gasteiger partial charge is 0.230 e. The van der Waals surface area contributed by atoms with Crippen molar-refractivity contribution in [1.82, 2.24) is 0 Å². The van der Waals surface area contributed by atoms with Gasteiger partial charge in [0.1, 0.15) is 5.76 Å². The summed E-state index contributed by atoms with van der Waals surface area (Å²) < 4.78 is 11.0. The molecule has 1 unspecified atom stereocenters. The van der Waals surface area contributed by atoms with Crippen LogP contribution in [0.15, 0.2) is 23.7 Å². The number of hydrogen-bond donors (Lipinski definition) is 0. The Morgan fingerprint density at radius 2 is 2.40 bits per heavy atom. The Kier molecular flexibility index (Phi) is 1.60. The maximum atomic E-state index is 5.23. The molecule has 2 rings (SSSR count). The molecule has 0 aromatic heterocycles. The Morgan fingerprint density at radius 1 is 1.50 bits per heavy atom. The highest BCUT2D eigenvalue weighted by atomic mass is 127. The predicted octanol–water partition coefficient (Wildman–Crippen LogP) is 1.97. The predicted molar refractivity (Wildman–Crippen MR) is 45.6 cm³/mol. The number of alkyl halides is 1. The molecule has 1 heterocycles. The van der Waals surface area contributed by atoms with Gasteiger partial charge in [-0.15, -0.1) is 0 Å². The summed E-state index contributed by atoms with van der Waals surface area (Å²) in [7, 11) is 0. The number of halogens is 1. The Bertz CT molecular complexity index is 208. The van der Waals surface area contributed by atoms with Crippen LogP contribution in [0.1, 0.15) is 6.42 Å². The fraction of sp³-hybridized carbons (Fsp3) is 0.429. The summed E-state index contributed by atoms with van der Waals surface area (Å²) in [6.07, 6.45) is 5.10. The number of hydrogen-bond acceptors (Lipinski definition) is 2. The van der Waals surface area contributed by atoms with Gasteiger partial charge in [0.15, 0.2) is 5.76 Å². The van der Waals surface area contributed by atoms with Gasteiger partial charge in [-0.2, -0.15) is 0 Å². The van der Waals surface area contributed by atoms with Crippen molar-refractivity contribution in [3.05, 3.63) is 23.7 Å². The lowest BCUT2D eigenvalue weighted by Crippen LogP contribution is -2.01. The third-order valence-corrected chi connectivity index (χ3v) is 2.41. The normalized spacial score (nSPS) is 29.5. The second kappa shape index (κ2) is 2.45. The van der Waals surface area contributed by atoms with Crippen molar-refractivity contribution in [2.45, 2.75) is 10.3 Å². The first-order chi connectivity index (χ1) is 4.86. The van der Waals surface area contributed by atoms with Crippen LogP contribution in [0.2, 0.25) is 0 Å². The summed E-state index contributed by atoms with van der Waals surface area (Å²) in [5.74, 6) is 1.94. The van der Waals surface area contributed by atoms with E-state index in [1.165, 1.54) is 0 Å². The zero-order valence-electron chi connectivity index (χ0n) is 5.34. The average molecular weight is 250 g/mol. The Hall–Kier alpha value is -0.190. The van der Waals surface area contributed by atoms with Gasteiger partial charge in [-0.1, -0.05) is 28.7 Å². The van der Waals surface area contributed by atoms with Crippen LogP contribution in [-0.2, 0) is 9.47 Å². The van der Waals surface area contributed by atoms with E-state index >= 15 is 0 Å². The van der Waals surface area contributed by atoms with Crippen LogP contribution in [-0.4, -0.2) is 10.7 Å². The molecule has 0 amide bonds. The monoisotopic (exact) mass is 250 g/mol. The molecule has 0 radical (unpaired) electrons. The van der Waals surface area contributed by atoms with E-state index in [-0.39, 0.29) is 0 Å². The third-order valence-electron chi connectivity index (χ3n) is 1.56. The van der Waals surface area contributed by atoms with Gasteiger partial charge in [-0.05, 0) is 6.08 Å². The largest absolute Gasteiger partial charge is 0.458 e. The molecule has 0 spiro atoms. The van der Waals surface area contributed by atoms with Gasteiger partial charge in [0.2, 0.25) is 6.79 Å². The van der Waals surface area contributed by atoms with Crippen molar-refractivity contribution in [3.8, 4) is 0 Å². The molecular weight excluding hydrogens is 243 g/mol. The second-order valence-electron chi connectivity index (χ2n) is 2.27. The molecule has 10 heavy (non-hydrogen) atoms. The summed E-state index contributed by atoms with van der Waals surface area (Å²) in [6.45, 7) is 0.401. The SMILES string of the molecule is IC1C=CC2=C(C1)OCO2. The average Bonchev–Trinajstić information content (AvgIpc) is 2.33. The summed E-state index contributed by atoms with van der Waals surface area (Å²) >= 11 is 2.38. The summed E-state index contributed by atoms with van der Waals surface area (Å²) in [6, 6.07) is 0. The minimum absolute atomic E-state index is 0.401. The van der Waals surface area contributed by atoms with Gasteiger partial charge < -0.3 is 9.47 Å². The Labute approximate surface area is 73.0 Å². The van der Waals surface area contributed by atoms with E-state index < -0.39 is 0 Å². The van der Waals surface area contributed by atoms with Gasteiger partial charge in [0.25, 0.3) is 0 Å². The number of rotatable bonds is 0. The second-order valence-corrected chi connectivity index (χ2v) is 3.87. The van der Waals surface area contributed by atoms with Crippen molar-refractivity contribution in [1.29, 1.82) is 0 Å². The van der Waals surface area contributed by atoms with E-state index in [4.69, 9.17) is 9.47 Å².